The second-order valence-electron chi connectivity index (χ2n) is 6.03. The fourth-order valence-electron chi connectivity index (χ4n) is 2.66. The average Bonchev–Trinajstić information content (AvgIpc) is 3.13. The molecule has 2 N–H and O–H groups in total. The molecule has 142 valence electrons. The van der Waals surface area contributed by atoms with E-state index in [0.717, 1.165) is 38.6 Å². The Kier molecular flexibility index (Phi) is 10.2. The monoisotopic (exact) mass is 479 g/mol. The van der Waals surface area contributed by atoms with Crippen molar-refractivity contribution in [3.63, 3.8) is 0 Å². The van der Waals surface area contributed by atoms with E-state index in [-0.39, 0.29) is 35.9 Å². The van der Waals surface area contributed by atoms with E-state index in [1.165, 1.54) is 5.00 Å². The van der Waals surface area contributed by atoms with Crippen LogP contribution in [-0.2, 0) is 4.79 Å². The van der Waals surface area contributed by atoms with Crippen molar-refractivity contribution < 1.29 is 4.79 Å². The fraction of sp³-hybridized carbons (Fsp3) is 0.647. The molecule has 25 heavy (non-hydrogen) atoms. The lowest BCUT2D eigenvalue weighted by Crippen LogP contribution is -2.52. The van der Waals surface area contributed by atoms with Crippen LogP contribution < -0.4 is 15.5 Å². The number of piperazine rings is 1. The van der Waals surface area contributed by atoms with Crippen LogP contribution in [0.2, 0.25) is 0 Å². The zero-order valence-electron chi connectivity index (χ0n) is 15.3. The van der Waals surface area contributed by atoms with Gasteiger partial charge in [-0.25, -0.2) is 0 Å². The molecule has 2 rings (SSSR count). The lowest BCUT2D eigenvalue weighted by atomic mass is 10.2. The van der Waals surface area contributed by atoms with Gasteiger partial charge in [0.15, 0.2) is 5.96 Å². The number of thiophene rings is 1. The molecular weight excluding hydrogens is 449 g/mol. The van der Waals surface area contributed by atoms with E-state index >= 15 is 0 Å². The molecule has 6 nitrogen and oxygen atoms in total. The SMILES string of the molecule is CCC(C)NC(=O)CCNC(=NC)N1CCN(c2cccs2)CC1.I. The Morgan fingerprint density at radius 3 is 2.64 bits per heavy atom. The Morgan fingerprint density at radius 1 is 1.36 bits per heavy atom. The highest BCUT2D eigenvalue weighted by atomic mass is 127. The molecule has 1 aliphatic heterocycles. The lowest BCUT2D eigenvalue weighted by Gasteiger charge is -2.37. The number of hydrogen-bond acceptors (Lipinski definition) is 4. The maximum atomic E-state index is 11.8. The van der Waals surface area contributed by atoms with Crippen LogP contribution in [0.25, 0.3) is 0 Å². The van der Waals surface area contributed by atoms with E-state index in [9.17, 15) is 4.79 Å². The summed E-state index contributed by atoms with van der Waals surface area (Å²) in [5.41, 5.74) is 0. The van der Waals surface area contributed by atoms with Gasteiger partial charge in [-0.3, -0.25) is 9.79 Å². The quantitative estimate of drug-likeness (QED) is 0.374. The maximum absolute atomic E-state index is 11.8. The first kappa shape index (κ1) is 22.0. The van der Waals surface area contributed by atoms with Gasteiger partial charge in [0.05, 0.1) is 5.00 Å². The molecule has 1 aliphatic rings. The molecule has 1 atom stereocenters. The topological polar surface area (TPSA) is 60.0 Å². The zero-order chi connectivity index (χ0) is 17.4. The number of carbonyl (C=O) groups is 1. The number of nitrogens with one attached hydrogen (secondary N) is 2. The van der Waals surface area contributed by atoms with Gasteiger partial charge >= 0.3 is 0 Å². The van der Waals surface area contributed by atoms with Gasteiger partial charge in [-0.15, -0.1) is 35.3 Å². The number of guanidine groups is 1. The summed E-state index contributed by atoms with van der Waals surface area (Å²) in [4.78, 5) is 20.9. The Labute approximate surface area is 172 Å². The van der Waals surface area contributed by atoms with E-state index in [1.54, 1.807) is 18.4 Å². The van der Waals surface area contributed by atoms with Crippen LogP contribution in [0.1, 0.15) is 26.7 Å². The van der Waals surface area contributed by atoms with Gasteiger partial charge in [0.1, 0.15) is 0 Å². The van der Waals surface area contributed by atoms with E-state index < -0.39 is 0 Å². The first-order valence-corrected chi connectivity index (χ1v) is 9.55. The van der Waals surface area contributed by atoms with Crippen LogP contribution in [-0.4, -0.2) is 62.6 Å². The average molecular weight is 479 g/mol. The van der Waals surface area contributed by atoms with Crippen LogP contribution >= 0.6 is 35.3 Å². The second kappa shape index (κ2) is 11.6. The number of nitrogens with zero attached hydrogens (tertiary/aromatic N) is 3. The minimum Gasteiger partial charge on any atom is -0.360 e. The molecule has 0 radical (unpaired) electrons. The highest BCUT2D eigenvalue weighted by Crippen LogP contribution is 2.22. The molecule has 1 aromatic heterocycles. The molecule has 0 saturated carbocycles. The first-order valence-electron chi connectivity index (χ1n) is 8.67. The zero-order valence-corrected chi connectivity index (χ0v) is 18.5. The van der Waals surface area contributed by atoms with Gasteiger partial charge in [-0.2, -0.15) is 0 Å². The number of hydrogen-bond donors (Lipinski definition) is 2. The van der Waals surface area contributed by atoms with Gasteiger partial charge < -0.3 is 20.4 Å². The van der Waals surface area contributed by atoms with Crippen LogP contribution in [0.3, 0.4) is 0 Å². The smallest absolute Gasteiger partial charge is 0.221 e. The number of carbonyl (C=O) groups excluding carboxylic acids is 1. The van der Waals surface area contributed by atoms with Crippen molar-refractivity contribution in [2.45, 2.75) is 32.7 Å². The van der Waals surface area contributed by atoms with E-state index in [1.807, 2.05) is 6.92 Å². The highest BCUT2D eigenvalue weighted by molar-refractivity contribution is 14.0. The molecule has 0 spiro atoms. The van der Waals surface area contributed by atoms with Crippen LogP contribution in [0.5, 0.6) is 0 Å². The molecule has 1 saturated heterocycles. The third-order valence-electron chi connectivity index (χ3n) is 4.26. The van der Waals surface area contributed by atoms with Crippen LogP contribution in [0, 0.1) is 0 Å². The number of amides is 1. The lowest BCUT2D eigenvalue weighted by molar-refractivity contribution is -0.121. The van der Waals surface area contributed by atoms with E-state index in [4.69, 9.17) is 0 Å². The third-order valence-corrected chi connectivity index (χ3v) is 5.19. The van der Waals surface area contributed by atoms with Crippen molar-refractivity contribution in [1.82, 2.24) is 15.5 Å². The molecular formula is C17H30IN5OS. The van der Waals surface area contributed by atoms with Crippen molar-refractivity contribution in [3.8, 4) is 0 Å². The highest BCUT2D eigenvalue weighted by Gasteiger charge is 2.20. The molecule has 8 heteroatoms. The number of rotatable bonds is 6. The van der Waals surface area contributed by atoms with E-state index in [0.29, 0.717) is 13.0 Å². The fourth-order valence-corrected chi connectivity index (χ4v) is 3.44. The van der Waals surface area contributed by atoms with Gasteiger partial charge in [0.2, 0.25) is 5.91 Å². The Morgan fingerprint density at radius 2 is 2.08 bits per heavy atom. The van der Waals surface area contributed by atoms with Crippen molar-refractivity contribution in [2.24, 2.45) is 4.99 Å². The van der Waals surface area contributed by atoms with Crippen molar-refractivity contribution >= 4 is 52.2 Å². The summed E-state index contributed by atoms with van der Waals surface area (Å²) in [5.74, 6) is 0.979. The summed E-state index contributed by atoms with van der Waals surface area (Å²) in [6, 6.07) is 4.50. The third kappa shape index (κ3) is 7.01. The normalized spacial score (nSPS) is 16.2. The number of anilines is 1. The number of halogens is 1. The summed E-state index contributed by atoms with van der Waals surface area (Å²) in [6.07, 6.45) is 1.42. The summed E-state index contributed by atoms with van der Waals surface area (Å²) in [7, 11) is 1.80. The van der Waals surface area contributed by atoms with Gasteiger partial charge in [0, 0.05) is 52.2 Å². The standard InChI is InChI=1S/C17H29N5OS.HI/c1-4-14(2)20-15(23)7-8-19-17(18-3)22-11-9-21(10-12-22)16-6-5-13-24-16;/h5-6,13-14H,4,7-12H2,1-3H3,(H,18,19)(H,20,23);1H. The molecule has 0 aliphatic carbocycles. The second-order valence-corrected chi connectivity index (χ2v) is 6.95. The van der Waals surface area contributed by atoms with Crippen molar-refractivity contribution in [1.29, 1.82) is 0 Å². The van der Waals surface area contributed by atoms with Gasteiger partial charge in [-0.1, -0.05) is 6.92 Å². The van der Waals surface area contributed by atoms with Crippen LogP contribution in [0.4, 0.5) is 5.00 Å². The molecule has 0 aromatic carbocycles. The maximum Gasteiger partial charge on any atom is 0.221 e. The molecule has 2 heterocycles. The minimum atomic E-state index is 0. The molecule has 1 fully saturated rings. The predicted molar refractivity (Wildman–Crippen MR) is 117 cm³/mol. The van der Waals surface area contributed by atoms with Crippen LogP contribution in [0.15, 0.2) is 22.5 Å². The largest absolute Gasteiger partial charge is 0.360 e. The van der Waals surface area contributed by atoms with Gasteiger partial charge in [0.25, 0.3) is 0 Å². The predicted octanol–water partition coefficient (Wildman–Crippen LogP) is 2.37. The summed E-state index contributed by atoms with van der Waals surface area (Å²) in [5, 5.41) is 9.74. The van der Waals surface area contributed by atoms with Crippen molar-refractivity contribution in [3.05, 3.63) is 17.5 Å². The first-order chi connectivity index (χ1) is 11.6. The molecule has 0 bridgehead atoms. The summed E-state index contributed by atoms with van der Waals surface area (Å²) in [6.45, 7) is 8.58. The molecule has 1 unspecified atom stereocenters. The minimum absolute atomic E-state index is 0. The number of aliphatic imine (C=N–C) groups is 1. The summed E-state index contributed by atoms with van der Waals surface area (Å²) >= 11 is 1.79. The van der Waals surface area contributed by atoms with E-state index in [2.05, 4.69) is 49.9 Å². The Hall–Kier alpha value is -1.03. The van der Waals surface area contributed by atoms with Crippen molar-refractivity contribution in [2.75, 3.05) is 44.7 Å². The Balaban J connectivity index is 0.00000312. The molecule has 1 aromatic rings. The molecule has 1 amide bonds. The summed E-state index contributed by atoms with van der Waals surface area (Å²) < 4.78 is 0. The van der Waals surface area contributed by atoms with Gasteiger partial charge in [-0.05, 0) is 30.9 Å². The Bertz CT molecular complexity index is 529.